The lowest BCUT2D eigenvalue weighted by Gasteiger charge is -2.17. The first-order valence-corrected chi connectivity index (χ1v) is 10.1. The average Bonchev–Trinajstić information content (AvgIpc) is 2.76. The number of para-hydroxylation sites is 1. The molecule has 0 spiro atoms. The molecule has 8 heteroatoms. The van der Waals surface area contributed by atoms with Crippen molar-refractivity contribution >= 4 is 46.4 Å². The molecule has 0 fully saturated rings. The molecule has 2 N–H and O–H groups in total. The number of carbonyl (C=O) groups is 2. The van der Waals surface area contributed by atoms with Crippen molar-refractivity contribution in [3.8, 4) is 11.5 Å². The van der Waals surface area contributed by atoms with Crippen LogP contribution in [-0.4, -0.2) is 25.0 Å². The van der Waals surface area contributed by atoms with Gasteiger partial charge >= 0.3 is 0 Å². The summed E-state index contributed by atoms with van der Waals surface area (Å²) in [6.07, 6.45) is -0.756. The molecule has 0 bridgehead atoms. The Morgan fingerprint density at radius 3 is 2.23 bits per heavy atom. The third-order valence-corrected chi connectivity index (χ3v) is 4.89. The second-order valence-corrected chi connectivity index (χ2v) is 7.40. The van der Waals surface area contributed by atoms with Gasteiger partial charge in [0.15, 0.2) is 6.10 Å². The first kappa shape index (κ1) is 22.5. The molecule has 6 nitrogen and oxygen atoms in total. The minimum absolute atomic E-state index is 0.229. The third kappa shape index (κ3) is 5.90. The van der Waals surface area contributed by atoms with Gasteiger partial charge in [0.05, 0.1) is 23.5 Å². The number of ether oxygens (including phenoxy) is 2. The Hall–Kier alpha value is -3.22. The van der Waals surface area contributed by atoms with Gasteiger partial charge in [0.1, 0.15) is 11.5 Å². The van der Waals surface area contributed by atoms with E-state index in [9.17, 15) is 9.59 Å². The first-order chi connectivity index (χ1) is 14.9. The SMILES string of the molecule is COc1cc(NC(=O)[C@@H](C)Oc2ccccc2)c(Cl)cc1NC(=O)c1ccc(Cl)cc1. The number of hydrogen-bond donors (Lipinski definition) is 2. The fourth-order valence-corrected chi connectivity index (χ4v) is 3.04. The Morgan fingerprint density at radius 2 is 1.58 bits per heavy atom. The van der Waals surface area contributed by atoms with E-state index in [0.717, 1.165) is 0 Å². The number of halogens is 2. The third-order valence-electron chi connectivity index (χ3n) is 4.33. The lowest BCUT2D eigenvalue weighted by molar-refractivity contribution is -0.122. The van der Waals surface area contributed by atoms with Crippen LogP contribution < -0.4 is 20.1 Å². The fraction of sp³-hybridized carbons (Fsp3) is 0.130. The summed E-state index contributed by atoms with van der Waals surface area (Å²) in [6.45, 7) is 1.63. The summed E-state index contributed by atoms with van der Waals surface area (Å²) in [7, 11) is 1.45. The Bertz CT molecular complexity index is 1070. The monoisotopic (exact) mass is 458 g/mol. The minimum Gasteiger partial charge on any atom is -0.494 e. The molecule has 3 aromatic carbocycles. The van der Waals surface area contributed by atoms with Crippen LogP contribution in [-0.2, 0) is 4.79 Å². The first-order valence-electron chi connectivity index (χ1n) is 9.34. The summed E-state index contributed by atoms with van der Waals surface area (Å²) in [4.78, 5) is 25.0. The molecule has 2 amide bonds. The molecule has 0 heterocycles. The molecule has 0 aliphatic carbocycles. The molecule has 0 aliphatic rings. The van der Waals surface area contributed by atoms with E-state index < -0.39 is 6.10 Å². The number of carbonyl (C=O) groups excluding carboxylic acids is 2. The quantitative estimate of drug-likeness (QED) is 0.478. The molecule has 0 saturated carbocycles. The predicted molar refractivity (Wildman–Crippen MR) is 123 cm³/mol. The molecule has 1 atom stereocenters. The van der Waals surface area contributed by atoms with Gasteiger partial charge in [-0.15, -0.1) is 0 Å². The van der Waals surface area contributed by atoms with Crippen LogP contribution in [0.25, 0.3) is 0 Å². The number of hydrogen-bond acceptors (Lipinski definition) is 4. The van der Waals surface area contributed by atoms with E-state index in [4.69, 9.17) is 32.7 Å². The number of methoxy groups -OCH3 is 1. The van der Waals surface area contributed by atoms with Gasteiger partial charge in [-0.05, 0) is 49.4 Å². The van der Waals surface area contributed by atoms with E-state index in [1.165, 1.54) is 19.2 Å². The van der Waals surface area contributed by atoms with Crippen molar-refractivity contribution in [3.63, 3.8) is 0 Å². The van der Waals surface area contributed by atoms with Gasteiger partial charge in [-0.3, -0.25) is 9.59 Å². The molecule has 160 valence electrons. The fourth-order valence-electron chi connectivity index (χ4n) is 2.70. The summed E-state index contributed by atoms with van der Waals surface area (Å²) >= 11 is 12.2. The molecule has 0 aromatic heterocycles. The summed E-state index contributed by atoms with van der Waals surface area (Å²) in [5, 5.41) is 6.22. The number of rotatable bonds is 7. The van der Waals surface area contributed by atoms with Gasteiger partial charge in [-0.1, -0.05) is 41.4 Å². The molecule has 31 heavy (non-hydrogen) atoms. The smallest absolute Gasteiger partial charge is 0.265 e. The maximum absolute atomic E-state index is 12.5. The average molecular weight is 459 g/mol. The maximum atomic E-state index is 12.5. The normalized spacial score (nSPS) is 11.4. The Labute approximate surface area is 190 Å². The lowest BCUT2D eigenvalue weighted by atomic mass is 10.2. The van der Waals surface area contributed by atoms with Crippen LogP contribution in [0.1, 0.15) is 17.3 Å². The van der Waals surface area contributed by atoms with Crippen LogP contribution in [0, 0.1) is 0 Å². The van der Waals surface area contributed by atoms with Gasteiger partial charge in [0.25, 0.3) is 11.8 Å². The molecular weight excluding hydrogens is 439 g/mol. The highest BCUT2D eigenvalue weighted by molar-refractivity contribution is 6.34. The zero-order valence-corrected chi connectivity index (χ0v) is 18.3. The highest BCUT2D eigenvalue weighted by atomic mass is 35.5. The van der Waals surface area contributed by atoms with E-state index in [1.807, 2.05) is 18.2 Å². The summed E-state index contributed by atoms with van der Waals surface area (Å²) < 4.78 is 11.0. The van der Waals surface area contributed by atoms with Crippen molar-refractivity contribution in [2.75, 3.05) is 17.7 Å². The van der Waals surface area contributed by atoms with Gasteiger partial charge in [0.2, 0.25) is 0 Å². The number of benzene rings is 3. The van der Waals surface area contributed by atoms with Crippen molar-refractivity contribution in [1.82, 2.24) is 0 Å². The highest BCUT2D eigenvalue weighted by Gasteiger charge is 2.19. The van der Waals surface area contributed by atoms with Crippen LogP contribution in [0.2, 0.25) is 10.0 Å². The van der Waals surface area contributed by atoms with Crippen LogP contribution in [0.5, 0.6) is 11.5 Å². The van der Waals surface area contributed by atoms with Crippen molar-refractivity contribution in [2.24, 2.45) is 0 Å². The zero-order valence-electron chi connectivity index (χ0n) is 16.8. The molecule has 0 unspecified atom stereocenters. The maximum Gasteiger partial charge on any atom is 0.265 e. The van der Waals surface area contributed by atoms with Crippen molar-refractivity contribution in [3.05, 3.63) is 82.3 Å². The molecule has 0 saturated heterocycles. The van der Waals surface area contributed by atoms with Gasteiger partial charge in [-0.25, -0.2) is 0 Å². The molecule has 3 aromatic rings. The number of anilines is 2. The van der Waals surface area contributed by atoms with Gasteiger partial charge in [0, 0.05) is 16.7 Å². The van der Waals surface area contributed by atoms with Crippen molar-refractivity contribution < 1.29 is 19.1 Å². The minimum atomic E-state index is -0.756. The van der Waals surface area contributed by atoms with E-state index in [2.05, 4.69) is 10.6 Å². The van der Waals surface area contributed by atoms with Crippen LogP contribution >= 0.6 is 23.2 Å². The Kier molecular flexibility index (Phi) is 7.39. The van der Waals surface area contributed by atoms with Crippen LogP contribution in [0.15, 0.2) is 66.7 Å². The molecule has 0 aliphatic heterocycles. The Balaban J connectivity index is 1.73. The van der Waals surface area contributed by atoms with E-state index in [1.54, 1.807) is 43.3 Å². The van der Waals surface area contributed by atoms with Gasteiger partial charge in [-0.2, -0.15) is 0 Å². The number of nitrogens with one attached hydrogen (secondary N) is 2. The predicted octanol–water partition coefficient (Wildman–Crippen LogP) is 5.66. The molecule has 3 rings (SSSR count). The topological polar surface area (TPSA) is 76.7 Å². The number of amides is 2. The van der Waals surface area contributed by atoms with Crippen molar-refractivity contribution in [1.29, 1.82) is 0 Å². The van der Waals surface area contributed by atoms with E-state index >= 15 is 0 Å². The molecule has 0 radical (unpaired) electrons. The second-order valence-electron chi connectivity index (χ2n) is 6.56. The lowest BCUT2D eigenvalue weighted by Crippen LogP contribution is -2.30. The van der Waals surface area contributed by atoms with Gasteiger partial charge < -0.3 is 20.1 Å². The molecular formula is C23H20Cl2N2O4. The van der Waals surface area contributed by atoms with Crippen molar-refractivity contribution in [2.45, 2.75) is 13.0 Å². The van der Waals surface area contributed by atoms with Crippen LogP contribution in [0.4, 0.5) is 11.4 Å². The summed E-state index contributed by atoms with van der Waals surface area (Å²) in [6, 6.07) is 18.5. The summed E-state index contributed by atoms with van der Waals surface area (Å²) in [5.41, 5.74) is 1.11. The van der Waals surface area contributed by atoms with E-state index in [0.29, 0.717) is 33.5 Å². The zero-order chi connectivity index (χ0) is 22.4. The Morgan fingerprint density at radius 1 is 0.903 bits per heavy atom. The summed E-state index contributed by atoms with van der Waals surface area (Å²) in [5.74, 6) is 0.172. The largest absolute Gasteiger partial charge is 0.494 e. The van der Waals surface area contributed by atoms with E-state index in [-0.39, 0.29) is 16.8 Å². The van der Waals surface area contributed by atoms with Crippen LogP contribution in [0.3, 0.4) is 0 Å². The second kappa shape index (κ2) is 10.2. The highest BCUT2D eigenvalue weighted by Crippen LogP contribution is 2.35. The standard InChI is InChI=1S/C23H20Cl2N2O4/c1-14(31-17-6-4-3-5-7-17)22(28)26-19-13-21(30-2)20(12-18(19)25)27-23(29)15-8-10-16(24)11-9-15/h3-14H,1-2H3,(H,26,28)(H,27,29)/t14-/m1/s1.